The Balaban J connectivity index is 1.97. The number of allylic oxidation sites excluding steroid dienone is 1. The second kappa shape index (κ2) is 6.60. The standard InChI is InChI=1S/C21H17NO6/c1-2-27-19(23)16-12-11-14(13-7-3-5-9-17(13)22(25)26)21(16)15-8-4-6-10-18(15)28-20(21)24/h3-10,12,14H,2,11H2,1H3/t14-,21+/m1/s1. The summed E-state index contributed by atoms with van der Waals surface area (Å²) in [6.07, 6.45) is 1.92. The number of nitro groups is 1. The number of carbonyl (C=O) groups is 2. The summed E-state index contributed by atoms with van der Waals surface area (Å²) in [5.41, 5.74) is -0.471. The monoisotopic (exact) mass is 379 g/mol. The van der Waals surface area contributed by atoms with E-state index in [9.17, 15) is 19.7 Å². The SMILES string of the molecule is CCOC(=O)C1=CC[C@H](c2ccccc2[N+](=O)[O-])[C@@]12C(=O)Oc1ccccc12. The number of nitrogens with zero attached hydrogens (tertiary/aromatic N) is 1. The van der Waals surface area contributed by atoms with Crippen molar-refractivity contribution in [3.63, 3.8) is 0 Å². The Morgan fingerprint density at radius 1 is 1.25 bits per heavy atom. The van der Waals surface area contributed by atoms with Gasteiger partial charge in [-0.05, 0) is 19.4 Å². The summed E-state index contributed by atoms with van der Waals surface area (Å²) in [5.74, 6) is -1.52. The third-order valence-corrected chi connectivity index (χ3v) is 5.35. The van der Waals surface area contributed by atoms with Crippen molar-refractivity contribution in [1.82, 2.24) is 0 Å². The van der Waals surface area contributed by atoms with E-state index in [0.717, 1.165) is 0 Å². The van der Waals surface area contributed by atoms with Crippen LogP contribution in [0, 0.1) is 10.1 Å². The fourth-order valence-electron chi connectivity index (χ4n) is 4.28. The van der Waals surface area contributed by atoms with Gasteiger partial charge in [0.05, 0.1) is 17.1 Å². The van der Waals surface area contributed by atoms with Crippen molar-refractivity contribution in [3.05, 3.63) is 81.4 Å². The maximum absolute atomic E-state index is 13.2. The zero-order chi connectivity index (χ0) is 19.9. The molecule has 2 aromatic carbocycles. The van der Waals surface area contributed by atoms with Gasteiger partial charge in [-0.3, -0.25) is 14.9 Å². The molecule has 2 atom stereocenters. The van der Waals surface area contributed by atoms with Crippen LogP contribution in [-0.2, 0) is 19.7 Å². The zero-order valence-electron chi connectivity index (χ0n) is 15.1. The van der Waals surface area contributed by atoms with Crippen molar-refractivity contribution in [2.75, 3.05) is 6.61 Å². The summed E-state index contributed by atoms with van der Waals surface area (Å²) in [7, 11) is 0. The first-order valence-corrected chi connectivity index (χ1v) is 8.94. The molecule has 0 unspecified atom stereocenters. The number of esters is 2. The molecule has 4 rings (SSSR count). The van der Waals surface area contributed by atoms with Gasteiger partial charge in [0.2, 0.25) is 0 Å². The molecule has 0 saturated heterocycles. The molecule has 28 heavy (non-hydrogen) atoms. The van der Waals surface area contributed by atoms with Crippen LogP contribution in [0.5, 0.6) is 5.75 Å². The number of hydrogen-bond acceptors (Lipinski definition) is 6. The third-order valence-electron chi connectivity index (χ3n) is 5.35. The predicted molar refractivity (Wildman–Crippen MR) is 98.9 cm³/mol. The summed E-state index contributed by atoms with van der Waals surface area (Å²) in [6.45, 7) is 1.83. The normalized spacial score (nSPS) is 22.5. The van der Waals surface area contributed by atoms with E-state index in [1.165, 1.54) is 6.07 Å². The second-order valence-corrected chi connectivity index (χ2v) is 6.64. The van der Waals surface area contributed by atoms with E-state index < -0.39 is 28.2 Å². The first-order chi connectivity index (χ1) is 13.5. The molecule has 0 fully saturated rings. The maximum Gasteiger partial charge on any atom is 0.335 e. The van der Waals surface area contributed by atoms with E-state index in [-0.39, 0.29) is 24.3 Å². The van der Waals surface area contributed by atoms with E-state index >= 15 is 0 Å². The van der Waals surface area contributed by atoms with Crippen LogP contribution < -0.4 is 4.74 Å². The summed E-state index contributed by atoms with van der Waals surface area (Å²) >= 11 is 0. The van der Waals surface area contributed by atoms with Crippen LogP contribution in [0.25, 0.3) is 0 Å². The minimum atomic E-state index is -1.46. The molecule has 1 aliphatic heterocycles. The molecule has 1 aliphatic carbocycles. The van der Waals surface area contributed by atoms with Crippen molar-refractivity contribution >= 4 is 17.6 Å². The lowest BCUT2D eigenvalue weighted by atomic mass is 9.66. The Kier molecular flexibility index (Phi) is 4.22. The Morgan fingerprint density at radius 2 is 1.96 bits per heavy atom. The van der Waals surface area contributed by atoms with Crippen LogP contribution in [0.15, 0.2) is 60.2 Å². The third kappa shape index (κ3) is 2.36. The largest absolute Gasteiger partial charge is 0.463 e. The van der Waals surface area contributed by atoms with E-state index in [4.69, 9.17) is 9.47 Å². The number of ether oxygens (including phenoxy) is 2. The fraction of sp³-hybridized carbons (Fsp3) is 0.238. The number of carbonyl (C=O) groups excluding carboxylic acids is 2. The van der Waals surface area contributed by atoms with E-state index in [2.05, 4.69) is 0 Å². The van der Waals surface area contributed by atoms with Gasteiger partial charge < -0.3 is 9.47 Å². The van der Waals surface area contributed by atoms with Crippen molar-refractivity contribution in [2.24, 2.45) is 0 Å². The molecular weight excluding hydrogens is 362 g/mol. The summed E-state index contributed by atoms with van der Waals surface area (Å²) < 4.78 is 10.7. The first-order valence-electron chi connectivity index (χ1n) is 8.94. The molecule has 0 radical (unpaired) electrons. The average Bonchev–Trinajstić information content (AvgIpc) is 3.22. The van der Waals surface area contributed by atoms with Gasteiger partial charge in [0.1, 0.15) is 11.2 Å². The predicted octanol–water partition coefficient (Wildman–Crippen LogP) is 3.43. The lowest BCUT2D eigenvalue weighted by Gasteiger charge is -2.30. The van der Waals surface area contributed by atoms with Gasteiger partial charge in [-0.2, -0.15) is 0 Å². The Hall–Kier alpha value is -3.48. The number of hydrogen-bond donors (Lipinski definition) is 0. The highest BCUT2D eigenvalue weighted by molar-refractivity contribution is 6.07. The van der Waals surface area contributed by atoms with E-state index in [1.54, 1.807) is 55.5 Å². The molecule has 1 spiro atoms. The van der Waals surface area contributed by atoms with Crippen LogP contribution in [0.2, 0.25) is 0 Å². The molecule has 0 N–H and O–H groups in total. The molecule has 0 bridgehead atoms. The summed E-state index contributed by atoms with van der Waals surface area (Å²) in [5, 5.41) is 11.6. The van der Waals surface area contributed by atoms with Gasteiger partial charge >= 0.3 is 11.9 Å². The molecule has 7 nitrogen and oxygen atoms in total. The van der Waals surface area contributed by atoms with Crippen LogP contribution in [0.1, 0.15) is 30.4 Å². The van der Waals surface area contributed by atoms with E-state index in [0.29, 0.717) is 16.9 Å². The van der Waals surface area contributed by atoms with Crippen molar-refractivity contribution < 1.29 is 24.0 Å². The highest BCUT2D eigenvalue weighted by Gasteiger charge is 2.62. The zero-order valence-corrected chi connectivity index (χ0v) is 15.1. The number of fused-ring (bicyclic) bond motifs is 2. The smallest absolute Gasteiger partial charge is 0.335 e. The second-order valence-electron chi connectivity index (χ2n) is 6.64. The van der Waals surface area contributed by atoms with Gasteiger partial charge in [-0.15, -0.1) is 0 Å². The fourth-order valence-corrected chi connectivity index (χ4v) is 4.28. The number of nitro benzene ring substituents is 1. The van der Waals surface area contributed by atoms with Crippen LogP contribution in [0.3, 0.4) is 0 Å². The summed E-state index contributed by atoms with van der Waals surface area (Å²) in [4.78, 5) is 37.1. The minimum absolute atomic E-state index is 0.0948. The Bertz CT molecular complexity index is 1030. The molecule has 2 aliphatic rings. The first kappa shape index (κ1) is 17.9. The topological polar surface area (TPSA) is 95.7 Å². The van der Waals surface area contributed by atoms with Crippen molar-refractivity contribution in [1.29, 1.82) is 0 Å². The number of para-hydroxylation sites is 2. The molecule has 0 saturated carbocycles. The average molecular weight is 379 g/mol. The van der Waals surface area contributed by atoms with E-state index in [1.807, 2.05) is 0 Å². The Morgan fingerprint density at radius 3 is 2.71 bits per heavy atom. The molecule has 1 heterocycles. The number of rotatable bonds is 4. The lowest BCUT2D eigenvalue weighted by molar-refractivity contribution is -0.385. The minimum Gasteiger partial charge on any atom is -0.463 e. The van der Waals surface area contributed by atoms with Crippen molar-refractivity contribution in [3.8, 4) is 5.75 Å². The molecule has 7 heteroatoms. The van der Waals surface area contributed by atoms with Gasteiger partial charge in [-0.25, -0.2) is 4.79 Å². The van der Waals surface area contributed by atoms with Crippen LogP contribution in [-0.4, -0.2) is 23.5 Å². The molecule has 0 aromatic heterocycles. The maximum atomic E-state index is 13.2. The van der Waals surface area contributed by atoms with Crippen molar-refractivity contribution in [2.45, 2.75) is 24.7 Å². The van der Waals surface area contributed by atoms with Gasteiger partial charge in [0.25, 0.3) is 5.69 Å². The quantitative estimate of drug-likeness (QED) is 0.349. The summed E-state index contributed by atoms with van der Waals surface area (Å²) in [6, 6.07) is 13.1. The lowest BCUT2D eigenvalue weighted by Crippen LogP contribution is -2.42. The van der Waals surface area contributed by atoms with Crippen LogP contribution in [0.4, 0.5) is 5.69 Å². The van der Waals surface area contributed by atoms with Gasteiger partial charge in [0, 0.05) is 23.1 Å². The highest BCUT2D eigenvalue weighted by Crippen LogP contribution is 2.58. The molecule has 142 valence electrons. The molecule has 2 aromatic rings. The molecule has 0 amide bonds. The number of benzene rings is 2. The molecular formula is C21H17NO6. The van der Waals surface area contributed by atoms with Gasteiger partial charge in [-0.1, -0.05) is 42.5 Å². The van der Waals surface area contributed by atoms with Crippen LogP contribution >= 0.6 is 0 Å². The Labute approximate surface area is 160 Å². The van der Waals surface area contributed by atoms with Gasteiger partial charge in [0.15, 0.2) is 0 Å². The highest BCUT2D eigenvalue weighted by atomic mass is 16.6.